The molecule has 0 spiro atoms. The molecule has 1 saturated heterocycles. The first-order chi connectivity index (χ1) is 20.3. The van der Waals surface area contributed by atoms with Gasteiger partial charge in [0.2, 0.25) is 17.7 Å². The summed E-state index contributed by atoms with van der Waals surface area (Å²) in [5.41, 5.74) is 3.79. The molecule has 11 nitrogen and oxygen atoms in total. The molecule has 2 aliphatic heterocycles. The third-order valence-corrected chi connectivity index (χ3v) is 8.88. The van der Waals surface area contributed by atoms with Gasteiger partial charge in [-0.2, -0.15) is 0 Å². The lowest BCUT2D eigenvalue weighted by atomic mass is 9.85. The van der Waals surface area contributed by atoms with Crippen molar-refractivity contribution in [1.29, 1.82) is 0 Å². The van der Waals surface area contributed by atoms with Crippen LogP contribution >= 0.6 is 11.3 Å². The molecule has 4 rings (SSSR count). The molecule has 3 heterocycles. The number of hydrogen-bond acceptors (Lipinski definition) is 8. The molecular weight excluding hydrogens is 572 g/mol. The first-order valence-corrected chi connectivity index (χ1v) is 15.7. The molecule has 0 unspecified atom stereocenters. The first kappa shape index (κ1) is 32.4. The number of nitrogens with zero attached hydrogens (tertiary/aromatic N) is 2. The smallest absolute Gasteiger partial charge is 0.303 e. The van der Waals surface area contributed by atoms with E-state index in [-0.39, 0.29) is 43.5 Å². The van der Waals surface area contributed by atoms with Crippen LogP contribution in [0.4, 0.5) is 0 Å². The number of nitrogens with one attached hydrogen (secondary N) is 2. The van der Waals surface area contributed by atoms with Crippen LogP contribution in [0.1, 0.15) is 89.8 Å². The van der Waals surface area contributed by atoms with Crippen molar-refractivity contribution in [2.24, 2.45) is 5.41 Å². The van der Waals surface area contributed by atoms with Crippen LogP contribution in [-0.2, 0) is 25.8 Å². The lowest BCUT2D eigenvalue weighted by molar-refractivity contribution is -0.141. The van der Waals surface area contributed by atoms with Crippen LogP contribution in [0.2, 0.25) is 0 Å². The Morgan fingerprint density at radius 1 is 1.14 bits per heavy atom. The Kier molecular flexibility index (Phi) is 10.4. The predicted octanol–water partition coefficient (Wildman–Crippen LogP) is 3.80. The second kappa shape index (κ2) is 13.9. The van der Waals surface area contributed by atoms with Crippen LogP contribution in [0.5, 0.6) is 5.75 Å². The van der Waals surface area contributed by atoms with Gasteiger partial charge in [-0.05, 0) is 42.9 Å². The number of rotatable bonds is 12. The molecule has 0 bridgehead atoms. The molecule has 0 aliphatic carbocycles. The van der Waals surface area contributed by atoms with Gasteiger partial charge in [-0.15, -0.1) is 11.3 Å². The number of aliphatic carboxylic acids is 1. The van der Waals surface area contributed by atoms with E-state index in [1.165, 1.54) is 4.90 Å². The quantitative estimate of drug-likeness (QED) is 0.263. The highest BCUT2D eigenvalue weighted by Gasteiger charge is 2.42. The lowest BCUT2D eigenvalue weighted by Crippen LogP contribution is -2.58. The summed E-state index contributed by atoms with van der Waals surface area (Å²) >= 11 is 1.55. The summed E-state index contributed by atoms with van der Waals surface area (Å²) in [4.78, 5) is 57.5. The van der Waals surface area contributed by atoms with Gasteiger partial charge in [0.1, 0.15) is 24.6 Å². The van der Waals surface area contributed by atoms with E-state index < -0.39 is 35.6 Å². The van der Waals surface area contributed by atoms with Gasteiger partial charge in [0.05, 0.1) is 28.1 Å². The van der Waals surface area contributed by atoms with E-state index in [1.54, 1.807) is 23.8 Å². The highest BCUT2D eigenvalue weighted by molar-refractivity contribution is 7.13. The fourth-order valence-corrected chi connectivity index (χ4v) is 6.28. The third kappa shape index (κ3) is 8.11. The maximum Gasteiger partial charge on any atom is 0.303 e. The normalized spacial score (nSPS) is 19.0. The molecule has 1 aromatic carbocycles. The molecule has 2 aliphatic rings. The maximum atomic E-state index is 13.8. The van der Waals surface area contributed by atoms with Crippen molar-refractivity contribution in [3.63, 3.8) is 0 Å². The molecule has 234 valence electrons. The number of hydrogen-bond donors (Lipinski definition) is 4. The minimum atomic E-state index is -0.858. The Hall–Kier alpha value is -3.51. The van der Waals surface area contributed by atoms with E-state index in [0.29, 0.717) is 25.2 Å². The Morgan fingerprint density at radius 3 is 2.56 bits per heavy atom. The SMILES string of the molecule is C[C@H](C(=O)N[C@@H]1C[C@@H](O)CN1C(=O)[C@@H](NC(=O)CCCCCCC(=O)O)C(C)(C)C)c1ccc2c(c1)OCc1ncsc1-2. The number of carboxylic acids is 1. The fourth-order valence-electron chi connectivity index (χ4n) is 5.45. The third-order valence-electron chi connectivity index (χ3n) is 7.98. The summed E-state index contributed by atoms with van der Waals surface area (Å²) in [5, 5.41) is 25.1. The summed E-state index contributed by atoms with van der Waals surface area (Å²) in [7, 11) is 0. The first-order valence-electron chi connectivity index (χ1n) is 14.8. The van der Waals surface area contributed by atoms with Gasteiger partial charge in [-0.3, -0.25) is 19.2 Å². The number of carbonyl (C=O) groups is 4. The average Bonchev–Trinajstić information content (AvgIpc) is 3.58. The standard InChI is InChI=1S/C31H42N4O7S/c1-18(19-11-12-21-23(13-19)42-16-22-27(21)43-17-32-22)29(40)33-24-14-20(36)15-35(24)30(41)28(31(2,3)4)34-25(37)9-7-5-6-8-10-26(38)39/h11-13,17-18,20,24,28,36H,5-10,14-16H2,1-4H3,(H,33,40)(H,34,37)(H,38,39)/t18-,20+,24-,28+/m0/s1. The molecule has 12 heteroatoms. The number of carbonyl (C=O) groups excluding carboxylic acids is 3. The minimum Gasteiger partial charge on any atom is -0.487 e. The Morgan fingerprint density at radius 2 is 1.86 bits per heavy atom. The number of likely N-dealkylation sites (tertiary alicyclic amines) is 1. The number of ether oxygens (including phenoxy) is 1. The number of amides is 3. The molecule has 2 aromatic rings. The number of β-amino-alcohol motifs (C(OH)–C–C–N with tert-alkyl or cyclic N) is 1. The summed E-state index contributed by atoms with van der Waals surface area (Å²) in [6.45, 7) is 7.79. The van der Waals surface area contributed by atoms with E-state index in [1.807, 2.05) is 39.0 Å². The van der Waals surface area contributed by atoms with Gasteiger partial charge in [0.25, 0.3) is 0 Å². The molecule has 3 amide bonds. The summed E-state index contributed by atoms with van der Waals surface area (Å²) < 4.78 is 5.89. The topological polar surface area (TPSA) is 158 Å². The second-order valence-electron chi connectivity index (χ2n) is 12.5. The zero-order valence-corrected chi connectivity index (χ0v) is 26.0. The van der Waals surface area contributed by atoms with Gasteiger partial charge in [0.15, 0.2) is 0 Å². The van der Waals surface area contributed by atoms with Gasteiger partial charge >= 0.3 is 5.97 Å². The molecule has 4 N–H and O–H groups in total. The molecule has 43 heavy (non-hydrogen) atoms. The number of aromatic nitrogens is 1. The maximum absolute atomic E-state index is 13.8. The predicted molar refractivity (Wildman–Crippen MR) is 161 cm³/mol. The molecule has 0 saturated carbocycles. The lowest BCUT2D eigenvalue weighted by Gasteiger charge is -2.36. The largest absolute Gasteiger partial charge is 0.487 e. The molecular formula is C31H42N4O7S. The zero-order chi connectivity index (χ0) is 31.3. The summed E-state index contributed by atoms with van der Waals surface area (Å²) in [6.07, 6.45) is 1.60. The number of unbranched alkanes of at least 4 members (excludes halogenated alkanes) is 3. The van der Waals surface area contributed by atoms with Crippen LogP contribution in [0.15, 0.2) is 23.7 Å². The number of aliphatic hydroxyl groups is 1. The van der Waals surface area contributed by atoms with Crippen LogP contribution in [-0.4, -0.2) is 68.6 Å². The van der Waals surface area contributed by atoms with Crippen molar-refractivity contribution >= 4 is 35.0 Å². The fraction of sp³-hybridized carbons (Fsp3) is 0.581. The highest BCUT2D eigenvalue weighted by atomic mass is 32.1. The molecule has 4 atom stereocenters. The zero-order valence-electron chi connectivity index (χ0n) is 25.2. The van der Waals surface area contributed by atoms with Crippen molar-refractivity contribution < 1.29 is 34.1 Å². The monoisotopic (exact) mass is 614 g/mol. The summed E-state index contributed by atoms with van der Waals surface area (Å²) in [5.74, 6) is -1.58. The number of aliphatic hydroxyl groups excluding tert-OH is 1. The van der Waals surface area contributed by atoms with Crippen LogP contribution < -0.4 is 15.4 Å². The van der Waals surface area contributed by atoms with Crippen molar-refractivity contribution in [2.45, 2.75) is 103 Å². The number of fused-ring (bicyclic) bond motifs is 3. The molecule has 1 aromatic heterocycles. The van der Waals surface area contributed by atoms with E-state index in [4.69, 9.17) is 9.84 Å². The minimum absolute atomic E-state index is 0.0497. The van der Waals surface area contributed by atoms with Crippen LogP contribution in [0.3, 0.4) is 0 Å². The van der Waals surface area contributed by atoms with Crippen molar-refractivity contribution in [1.82, 2.24) is 20.5 Å². The van der Waals surface area contributed by atoms with E-state index in [0.717, 1.165) is 34.5 Å². The van der Waals surface area contributed by atoms with E-state index in [9.17, 15) is 24.3 Å². The van der Waals surface area contributed by atoms with Crippen molar-refractivity contribution in [3.05, 3.63) is 35.0 Å². The highest BCUT2D eigenvalue weighted by Crippen LogP contribution is 2.41. The van der Waals surface area contributed by atoms with E-state index in [2.05, 4.69) is 15.6 Å². The van der Waals surface area contributed by atoms with Crippen molar-refractivity contribution in [2.75, 3.05) is 6.54 Å². The molecule has 1 fully saturated rings. The van der Waals surface area contributed by atoms with Crippen LogP contribution in [0, 0.1) is 5.41 Å². The number of carboxylic acid groups (broad SMARTS) is 1. The number of thiazole rings is 1. The Labute approximate surface area is 256 Å². The molecule has 0 radical (unpaired) electrons. The van der Waals surface area contributed by atoms with E-state index >= 15 is 0 Å². The summed E-state index contributed by atoms with van der Waals surface area (Å²) in [6, 6.07) is 4.84. The van der Waals surface area contributed by atoms with Gasteiger partial charge in [0, 0.05) is 31.4 Å². The van der Waals surface area contributed by atoms with Gasteiger partial charge in [-0.1, -0.05) is 39.7 Å². The Bertz CT molecular complexity index is 1340. The van der Waals surface area contributed by atoms with Gasteiger partial charge in [-0.25, -0.2) is 4.98 Å². The van der Waals surface area contributed by atoms with Crippen LogP contribution in [0.25, 0.3) is 10.4 Å². The number of benzene rings is 1. The van der Waals surface area contributed by atoms with Gasteiger partial charge < -0.3 is 30.5 Å². The average molecular weight is 615 g/mol. The van der Waals surface area contributed by atoms with Crippen molar-refractivity contribution in [3.8, 4) is 16.2 Å². The Balaban J connectivity index is 1.38. The second-order valence-corrected chi connectivity index (χ2v) is 13.3.